The summed E-state index contributed by atoms with van der Waals surface area (Å²) in [6.07, 6.45) is 8.27. The topological polar surface area (TPSA) is 87.3 Å². The highest BCUT2D eigenvalue weighted by atomic mass is 16.5. The molecule has 0 aromatic carbocycles. The summed E-state index contributed by atoms with van der Waals surface area (Å²) in [6, 6.07) is -0.806. The first-order valence-corrected chi connectivity index (χ1v) is 8.60. The van der Waals surface area contributed by atoms with E-state index >= 15 is 0 Å². The number of nitrogens with zero attached hydrogens (tertiary/aromatic N) is 2. The number of likely N-dealkylation sites (tertiary alicyclic amines) is 1. The molecule has 0 bridgehead atoms. The van der Waals surface area contributed by atoms with Crippen LogP contribution >= 0.6 is 0 Å². The maximum absolute atomic E-state index is 13.0. The van der Waals surface area contributed by atoms with Crippen LogP contribution in [0.25, 0.3) is 0 Å². The van der Waals surface area contributed by atoms with Crippen LogP contribution in [0.3, 0.4) is 0 Å². The van der Waals surface area contributed by atoms with E-state index in [1.54, 1.807) is 11.1 Å². The van der Waals surface area contributed by atoms with Crippen LogP contribution in [0.5, 0.6) is 0 Å². The molecule has 2 amide bonds. The molecule has 0 saturated carbocycles. The highest BCUT2D eigenvalue weighted by molar-refractivity contribution is 5.86. The molecule has 0 radical (unpaired) electrons. The number of hydrogen-bond acceptors (Lipinski definition) is 4. The van der Waals surface area contributed by atoms with Crippen LogP contribution in [-0.2, 0) is 9.53 Å². The molecule has 1 aromatic heterocycles. The van der Waals surface area contributed by atoms with Gasteiger partial charge >= 0.3 is 6.09 Å². The van der Waals surface area contributed by atoms with Gasteiger partial charge in [-0.05, 0) is 24.7 Å². The summed E-state index contributed by atoms with van der Waals surface area (Å²) in [5, 5.41) is 2.63. The molecule has 7 nitrogen and oxygen atoms in total. The molecule has 7 heteroatoms. The van der Waals surface area contributed by atoms with Crippen LogP contribution in [0.1, 0.15) is 50.7 Å². The largest absolute Gasteiger partial charge is 0.453 e. The van der Waals surface area contributed by atoms with Crippen molar-refractivity contribution in [3.8, 4) is 24.2 Å². The SMILES string of the molecule is C#CCC#Cc1cnc([C@H]2CCCN2C(=O)[C@H](NC(=O)OC)C(C)C)[nH]1. The Balaban J connectivity index is 2.16. The molecular weight excluding hydrogens is 332 g/mol. The lowest BCUT2D eigenvalue weighted by molar-refractivity contribution is -0.135. The molecule has 138 valence electrons. The Morgan fingerprint density at radius 3 is 2.96 bits per heavy atom. The normalized spacial score (nSPS) is 17.2. The van der Waals surface area contributed by atoms with Gasteiger partial charge in [0, 0.05) is 6.54 Å². The number of hydrogen-bond donors (Lipinski definition) is 2. The number of terminal acetylenes is 1. The summed E-state index contributed by atoms with van der Waals surface area (Å²) in [5.41, 5.74) is 0.669. The third-order valence-corrected chi connectivity index (χ3v) is 4.25. The molecule has 1 aliphatic rings. The molecule has 1 aliphatic heterocycles. The van der Waals surface area contributed by atoms with Gasteiger partial charge in [0.05, 0.1) is 25.8 Å². The number of H-pyrrole nitrogens is 1. The van der Waals surface area contributed by atoms with E-state index in [9.17, 15) is 9.59 Å². The number of methoxy groups -OCH3 is 1. The van der Waals surface area contributed by atoms with E-state index in [-0.39, 0.29) is 17.9 Å². The first-order chi connectivity index (χ1) is 12.5. The molecule has 1 aromatic rings. The third kappa shape index (κ3) is 4.58. The Morgan fingerprint density at radius 2 is 2.31 bits per heavy atom. The van der Waals surface area contributed by atoms with Crippen molar-refractivity contribution in [1.29, 1.82) is 0 Å². The van der Waals surface area contributed by atoms with Crippen LogP contribution in [0.4, 0.5) is 4.79 Å². The number of carbonyl (C=O) groups is 2. The Bertz CT molecular complexity index is 751. The summed E-state index contributed by atoms with van der Waals surface area (Å²) in [4.78, 5) is 33.9. The van der Waals surface area contributed by atoms with E-state index in [2.05, 4.69) is 37.8 Å². The fourth-order valence-electron chi connectivity index (χ4n) is 2.95. The lowest BCUT2D eigenvalue weighted by Gasteiger charge is -2.29. The molecule has 1 fully saturated rings. The fraction of sp³-hybridized carbons (Fsp3) is 0.526. The Hall–Kier alpha value is -2.93. The van der Waals surface area contributed by atoms with Crippen LogP contribution in [0.15, 0.2) is 6.20 Å². The van der Waals surface area contributed by atoms with Crippen molar-refractivity contribution in [1.82, 2.24) is 20.2 Å². The maximum atomic E-state index is 13.0. The molecule has 2 N–H and O–H groups in total. The molecule has 2 atom stereocenters. The van der Waals surface area contributed by atoms with Crippen LogP contribution in [0.2, 0.25) is 0 Å². The summed E-state index contributed by atoms with van der Waals surface area (Å²) in [6.45, 7) is 4.39. The predicted octanol–water partition coefficient (Wildman–Crippen LogP) is 1.83. The van der Waals surface area contributed by atoms with E-state index in [4.69, 9.17) is 6.42 Å². The number of aromatic nitrogens is 2. The number of carbonyl (C=O) groups excluding carboxylic acids is 2. The Kier molecular flexibility index (Phi) is 6.68. The molecule has 26 heavy (non-hydrogen) atoms. The second-order valence-electron chi connectivity index (χ2n) is 6.41. The van der Waals surface area contributed by atoms with Crippen molar-refractivity contribution in [2.24, 2.45) is 5.92 Å². The van der Waals surface area contributed by atoms with Gasteiger partial charge in [-0.25, -0.2) is 9.78 Å². The van der Waals surface area contributed by atoms with Gasteiger partial charge in [-0.3, -0.25) is 4.79 Å². The van der Waals surface area contributed by atoms with Crippen LogP contribution in [0, 0.1) is 30.1 Å². The highest BCUT2D eigenvalue weighted by Gasteiger charge is 2.37. The first kappa shape index (κ1) is 19.4. The maximum Gasteiger partial charge on any atom is 0.407 e. The van der Waals surface area contributed by atoms with Gasteiger partial charge in [0.15, 0.2) is 0 Å². The van der Waals surface area contributed by atoms with Crippen molar-refractivity contribution < 1.29 is 14.3 Å². The number of alkyl carbamates (subject to hydrolysis) is 1. The molecule has 2 rings (SSSR count). The van der Waals surface area contributed by atoms with E-state index in [0.717, 1.165) is 12.8 Å². The van der Waals surface area contributed by atoms with Crippen molar-refractivity contribution in [2.75, 3.05) is 13.7 Å². The molecule has 0 unspecified atom stereocenters. The second-order valence-corrected chi connectivity index (χ2v) is 6.41. The van der Waals surface area contributed by atoms with Crippen LogP contribution in [-0.4, -0.2) is 46.6 Å². The third-order valence-electron chi connectivity index (χ3n) is 4.25. The van der Waals surface area contributed by atoms with Gasteiger partial charge < -0.3 is 19.9 Å². The average molecular weight is 356 g/mol. The van der Waals surface area contributed by atoms with E-state index in [1.165, 1.54) is 7.11 Å². The minimum atomic E-state index is -0.645. The zero-order chi connectivity index (χ0) is 19.1. The second kappa shape index (κ2) is 8.96. The average Bonchev–Trinajstić information content (AvgIpc) is 3.27. The summed E-state index contributed by atoms with van der Waals surface area (Å²) >= 11 is 0. The zero-order valence-corrected chi connectivity index (χ0v) is 15.3. The monoisotopic (exact) mass is 356 g/mol. The van der Waals surface area contributed by atoms with Crippen molar-refractivity contribution >= 4 is 12.0 Å². The quantitative estimate of drug-likeness (QED) is 0.806. The highest BCUT2D eigenvalue weighted by Crippen LogP contribution is 2.31. The first-order valence-electron chi connectivity index (χ1n) is 8.60. The number of nitrogens with one attached hydrogen (secondary N) is 2. The number of rotatable bonds is 4. The fourth-order valence-corrected chi connectivity index (χ4v) is 2.95. The minimum Gasteiger partial charge on any atom is -0.453 e. The smallest absolute Gasteiger partial charge is 0.407 e. The number of imidazole rings is 1. The molecular formula is C19H24N4O3. The molecule has 2 heterocycles. The number of amides is 2. The molecule has 0 spiro atoms. The van der Waals surface area contributed by atoms with Gasteiger partial charge in [-0.2, -0.15) is 0 Å². The van der Waals surface area contributed by atoms with Crippen molar-refractivity contribution in [3.05, 3.63) is 17.7 Å². The zero-order valence-electron chi connectivity index (χ0n) is 15.3. The molecule has 1 saturated heterocycles. The lowest BCUT2D eigenvalue weighted by Crippen LogP contribution is -2.51. The van der Waals surface area contributed by atoms with Crippen LogP contribution < -0.4 is 5.32 Å². The number of aromatic amines is 1. The van der Waals surface area contributed by atoms with Gasteiger partial charge in [0.1, 0.15) is 17.6 Å². The van der Waals surface area contributed by atoms with Crippen molar-refractivity contribution in [3.63, 3.8) is 0 Å². The molecule has 0 aliphatic carbocycles. The summed E-state index contributed by atoms with van der Waals surface area (Å²) in [7, 11) is 1.28. The standard InChI is InChI=1S/C19H24N4O3/c1-5-6-7-9-14-12-20-17(21-14)15-10-8-11-23(15)18(24)16(13(2)3)22-19(25)26-4/h1,12-13,15-16H,6,8,10-11H2,2-4H3,(H,20,21)(H,22,25)/t15-,16-/m1/s1. The lowest BCUT2D eigenvalue weighted by atomic mass is 10.0. The Morgan fingerprint density at radius 1 is 1.54 bits per heavy atom. The van der Waals surface area contributed by atoms with E-state index in [0.29, 0.717) is 24.5 Å². The van der Waals surface area contributed by atoms with E-state index in [1.807, 2.05) is 13.8 Å². The van der Waals surface area contributed by atoms with Crippen molar-refractivity contribution in [2.45, 2.75) is 45.2 Å². The minimum absolute atomic E-state index is 0.0651. The summed E-state index contributed by atoms with van der Waals surface area (Å²) in [5.74, 6) is 8.73. The van der Waals surface area contributed by atoms with Gasteiger partial charge in [0.2, 0.25) is 5.91 Å². The number of ether oxygens (including phenoxy) is 1. The Labute approximate surface area is 153 Å². The van der Waals surface area contributed by atoms with Gasteiger partial charge in [-0.15, -0.1) is 6.42 Å². The van der Waals surface area contributed by atoms with E-state index < -0.39 is 12.1 Å². The van der Waals surface area contributed by atoms with Gasteiger partial charge in [0.25, 0.3) is 0 Å². The van der Waals surface area contributed by atoms with Gasteiger partial charge in [-0.1, -0.05) is 25.7 Å². The summed E-state index contributed by atoms with van der Waals surface area (Å²) < 4.78 is 4.64. The predicted molar refractivity (Wildman–Crippen MR) is 96.8 cm³/mol.